The summed E-state index contributed by atoms with van der Waals surface area (Å²) in [5.41, 5.74) is 4.52. The number of aryl methyl sites for hydroxylation is 2. The van der Waals surface area contributed by atoms with Crippen LogP contribution in [0.5, 0.6) is 0 Å². The van der Waals surface area contributed by atoms with E-state index in [0.29, 0.717) is 11.3 Å². The molecule has 0 aromatic heterocycles. The first-order valence-corrected chi connectivity index (χ1v) is 8.60. The number of benzene rings is 2. The third kappa shape index (κ3) is 2.66. The number of allylic oxidation sites excluding steroid dienone is 1. The molecule has 0 amide bonds. The molecule has 1 unspecified atom stereocenters. The maximum absolute atomic E-state index is 12.5. The fraction of sp³-hybridized carbons (Fsp3) is 0.222. The molecule has 21 heavy (non-hydrogen) atoms. The topological polar surface area (TPSA) is 34.1 Å². The molecule has 0 fully saturated rings. The molecule has 2 aromatic rings. The highest BCUT2D eigenvalue weighted by atomic mass is 32.2. The standard InChI is InChI=1S/C18H18O2S/c1-13-3-7-15(8-4-13)16-11-18(12-16)21(19,20)17-9-5-14(2)6-10-17/h3-11,18H,12H2,1-2H3. The molecule has 0 radical (unpaired) electrons. The Kier molecular flexibility index (Phi) is 3.46. The predicted octanol–water partition coefficient (Wildman–Crippen LogP) is 3.93. The summed E-state index contributed by atoms with van der Waals surface area (Å²) >= 11 is 0. The van der Waals surface area contributed by atoms with Gasteiger partial charge in [-0.15, -0.1) is 0 Å². The third-order valence-electron chi connectivity index (χ3n) is 3.98. The lowest BCUT2D eigenvalue weighted by Gasteiger charge is -2.26. The number of hydrogen-bond acceptors (Lipinski definition) is 2. The second-order valence-corrected chi connectivity index (χ2v) is 7.83. The van der Waals surface area contributed by atoms with Crippen molar-refractivity contribution in [1.82, 2.24) is 0 Å². The van der Waals surface area contributed by atoms with Crippen LogP contribution in [0.1, 0.15) is 23.1 Å². The van der Waals surface area contributed by atoms with Gasteiger partial charge in [0, 0.05) is 0 Å². The molecule has 0 saturated heterocycles. The zero-order chi connectivity index (χ0) is 15.0. The van der Waals surface area contributed by atoms with E-state index in [4.69, 9.17) is 0 Å². The van der Waals surface area contributed by atoms with Crippen LogP contribution < -0.4 is 0 Å². The van der Waals surface area contributed by atoms with E-state index in [1.807, 2.05) is 32.1 Å². The van der Waals surface area contributed by atoms with E-state index in [2.05, 4.69) is 24.3 Å². The average molecular weight is 298 g/mol. The van der Waals surface area contributed by atoms with Crippen molar-refractivity contribution < 1.29 is 8.42 Å². The van der Waals surface area contributed by atoms with Crippen molar-refractivity contribution >= 4 is 15.4 Å². The summed E-state index contributed by atoms with van der Waals surface area (Å²) in [6.45, 7) is 4.00. The molecule has 1 aliphatic rings. The van der Waals surface area contributed by atoms with E-state index in [0.717, 1.165) is 16.7 Å². The van der Waals surface area contributed by atoms with Crippen LogP contribution in [0.3, 0.4) is 0 Å². The van der Waals surface area contributed by atoms with Gasteiger partial charge >= 0.3 is 0 Å². The minimum atomic E-state index is -3.24. The van der Waals surface area contributed by atoms with Gasteiger partial charge in [-0.05, 0) is 43.5 Å². The van der Waals surface area contributed by atoms with Crippen molar-refractivity contribution in [3.05, 3.63) is 71.3 Å². The molecule has 0 spiro atoms. The Balaban J connectivity index is 1.84. The second kappa shape index (κ2) is 5.15. The largest absolute Gasteiger partial charge is 0.223 e. The van der Waals surface area contributed by atoms with Crippen LogP contribution in [0.25, 0.3) is 5.57 Å². The Hall–Kier alpha value is -1.87. The van der Waals surface area contributed by atoms with E-state index in [1.54, 1.807) is 12.1 Å². The molecule has 1 aliphatic carbocycles. The van der Waals surface area contributed by atoms with Crippen molar-refractivity contribution in [2.45, 2.75) is 30.4 Å². The number of sulfone groups is 1. The summed E-state index contributed by atoms with van der Waals surface area (Å²) in [6, 6.07) is 15.3. The SMILES string of the molecule is Cc1ccc(C2=CC(S(=O)(=O)c3ccc(C)cc3)C2)cc1. The van der Waals surface area contributed by atoms with Crippen molar-refractivity contribution in [2.75, 3.05) is 0 Å². The van der Waals surface area contributed by atoms with E-state index in [9.17, 15) is 8.42 Å². The predicted molar refractivity (Wildman–Crippen MR) is 85.9 cm³/mol. The maximum Gasteiger partial charge on any atom is 0.185 e. The minimum absolute atomic E-state index is 0.392. The highest BCUT2D eigenvalue weighted by molar-refractivity contribution is 7.92. The molecular weight excluding hydrogens is 280 g/mol. The van der Waals surface area contributed by atoms with Crippen molar-refractivity contribution in [2.24, 2.45) is 0 Å². The van der Waals surface area contributed by atoms with Crippen LogP contribution in [0, 0.1) is 13.8 Å². The molecule has 3 rings (SSSR count). The Morgan fingerprint density at radius 3 is 1.86 bits per heavy atom. The van der Waals surface area contributed by atoms with Gasteiger partial charge in [-0.25, -0.2) is 8.42 Å². The summed E-state index contributed by atoms with van der Waals surface area (Å²) in [6.07, 6.45) is 2.47. The molecule has 0 saturated carbocycles. The van der Waals surface area contributed by atoms with Crippen LogP contribution in [-0.2, 0) is 9.84 Å². The molecule has 0 heterocycles. The Morgan fingerprint density at radius 1 is 0.857 bits per heavy atom. The van der Waals surface area contributed by atoms with Gasteiger partial charge in [0.2, 0.25) is 0 Å². The zero-order valence-electron chi connectivity index (χ0n) is 12.2. The molecule has 1 atom stereocenters. The lowest BCUT2D eigenvalue weighted by Crippen LogP contribution is -2.26. The minimum Gasteiger partial charge on any atom is -0.223 e. The summed E-state index contributed by atoms with van der Waals surface area (Å²) < 4.78 is 25.0. The van der Waals surface area contributed by atoms with Gasteiger partial charge < -0.3 is 0 Å². The molecule has 3 heteroatoms. The van der Waals surface area contributed by atoms with Crippen LogP contribution in [0.4, 0.5) is 0 Å². The van der Waals surface area contributed by atoms with Crippen LogP contribution in [0.15, 0.2) is 59.5 Å². The first-order chi connectivity index (χ1) is 9.96. The maximum atomic E-state index is 12.5. The molecule has 2 aromatic carbocycles. The van der Waals surface area contributed by atoms with E-state index in [1.165, 1.54) is 5.56 Å². The highest BCUT2D eigenvalue weighted by Crippen LogP contribution is 2.36. The summed E-state index contributed by atoms with van der Waals surface area (Å²) in [5.74, 6) is 0. The van der Waals surface area contributed by atoms with Gasteiger partial charge in [-0.2, -0.15) is 0 Å². The van der Waals surface area contributed by atoms with Crippen molar-refractivity contribution in [3.8, 4) is 0 Å². The van der Waals surface area contributed by atoms with Gasteiger partial charge in [0.1, 0.15) is 0 Å². The van der Waals surface area contributed by atoms with Gasteiger partial charge in [0.05, 0.1) is 10.1 Å². The van der Waals surface area contributed by atoms with E-state index < -0.39 is 15.1 Å². The normalized spacial score (nSPS) is 18.0. The summed E-state index contributed by atoms with van der Waals surface area (Å²) in [4.78, 5) is 0.414. The molecule has 108 valence electrons. The Morgan fingerprint density at radius 2 is 1.33 bits per heavy atom. The van der Waals surface area contributed by atoms with Gasteiger partial charge in [0.15, 0.2) is 9.84 Å². The first kappa shape index (κ1) is 14.1. The fourth-order valence-corrected chi connectivity index (χ4v) is 4.10. The lowest BCUT2D eigenvalue weighted by atomic mass is 9.91. The molecular formula is C18H18O2S. The van der Waals surface area contributed by atoms with Gasteiger partial charge in [0.25, 0.3) is 0 Å². The number of rotatable bonds is 3. The van der Waals surface area contributed by atoms with Crippen molar-refractivity contribution in [3.63, 3.8) is 0 Å². The first-order valence-electron chi connectivity index (χ1n) is 7.05. The second-order valence-electron chi connectivity index (χ2n) is 5.66. The lowest BCUT2D eigenvalue weighted by molar-refractivity contribution is 0.586. The quantitative estimate of drug-likeness (QED) is 0.860. The Labute approximate surface area is 126 Å². The molecule has 0 N–H and O–H groups in total. The number of hydrogen-bond donors (Lipinski definition) is 0. The Bertz CT molecular complexity index is 782. The summed E-state index contributed by atoms with van der Waals surface area (Å²) in [7, 11) is -3.24. The van der Waals surface area contributed by atoms with Crippen LogP contribution in [-0.4, -0.2) is 13.7 Å². The third-order valence-corrected chi connectivity index (χ3v) is 6.01. The monoisotopic (exact) mass is 298 g/mol. The summed E-state index contributed by atoms with van der Waals surface area (Å²) in [5, 5.41) is -0.392. The van der Waals surface area contributed by atoms with Crippen LogP contribution >= 0.6 is 0 Å². The van der Waals surface area contributed by atoms with Crippen molar-refractivity contribution in [1.29, 1.82) is 0 Å². The highest BCUT2D eigenvalue weighted by Gasteiger charge is 2.33. The molecule has 2 nitrogen and oxygen atoms in total. The molecule has 0 aliphatic heterocycles. The van der Waals surface area contributed by atoms with E-state index in [-0.39, 0.29) is 0 Å². The zero-order valence-corrected chi connectivity index (χ0v) is 13.0. The molecule has 0 bridgehead atoms. The van der Waals surface area contributed by atoms with Crippen LogP contribution in [0.2, 0.25) is 0 Å². The fourth-order valence-electron chi connectivity index (χ4n) is 2.49. The van der Waals surface area contributed by atoms with Gasteiger partial charge in [-0.1, -0.05) is 53.6 Å². The van der Waals surface area contributed by atoms with E-state index >= 15 is 0 Å². The average Bonchev–Trinajstić information content (AvgIpc) is 2.39. The van der Waals surface area contributed by atoms with Gasteiger partial charge in [-0.3, -0.25) is 0 Å². The smallest absolute Gasteiger partial charge is 0.185 e.